The number of benzene rings is 2. The van der Waals surface area contributed by atoms with Gasteiger partial charge in [-0.05, 0) is 61.4 Å². The lowest BCUT2D eigenvalue weighted by Crippen LogP contribution is -2.40. The maximum absolute atomic E-state index is 13.8. The highest BCUT2D eigenvalue weighted by molar-refractivity contribution is 6.08. The first-order valence-corrected chi connectivity index (χ1v) is 9.68. The fourth-order valence-corrected chi connectivity index (χ4v) is 3.95. The predicted octanol–water partition coefficient (Wildman–Crippen LogP) is 4.16. The number of aryl methyl sites for hydroxylation is 1. The van der Waals surface area contributed by atoms with Crippen LogP contribution in [0.2, 0.25) is 0 Å². The molecule has 1 amide bonds. The summed E-state index contributed by atoms with van der Waals surface area (Å²) in [6, 6.07) is 10.4. The van der Waals surface area contributed by atoms with Gasteiger partial charge in [0.25, 0.3) is 0 Å². The first-order chi connectivity index (χ1) is 13.8. The van der Waals surface area contributed by atoms with E-state index in [1.54, 1.807) is 31.2 Å². The largest absolute Gasteiger partial charge is 0.478 e. The topological polar surface area (TPSA) is 83.5 Å². The van der Waals surface area contributed by atoms with Crippen molar-refractivity contribution in [3.05, 3.63) is 70.5 Å². The van der Waals surface area contributed by atoms with Crippen LogP contribution in [-0.4, -0.2) is 22.8 Å². The lowest BCUT2D eigenvalue weighted by Gasteiger charge is -2.35. The molecule has 0 bridgehead atoms. The molecular weight excluding hydrogens is 373 g/mol. The lowest BCUT2D eigenvalue weighted by atomic mass is 9.76. The summed E-state index contributed by atoms with van der Waals surface area (Å²) in [5.74, 6) is -3.66. The van der Waals surface area contributed by atoms with Crippen molar-refractivity contribution in [2.75, 3.05) is 0 Å². The number of carboxylic acids is 1. The standard InChI is InChI=1S/C23H24FNO4/c1-13-6-3-11-18(19(13)23(28)29)20(14(2)26)22(27)25-21(15-7-4-8-15)16-9-5-10-17(24)12-16/h3,5-6,9-12,15,20-21H,4,7-8H2,1-2H3,(H,25,27)(H,28,29). The van der Waals surface area contributed by atoms with Crippen LogP contribution in [0.15, 0.2) is 42.5 Å². The fraction of sp³-hybridized carbons (Fsp3) is 0.348. The summed E-state index contributed by atoms with van der Waals surface area (Å²) >= 11 is 0. The first-order valence-electron chi connectivity index (χ1n) is 9.68. The molecule has 0 aromatic heterocycles. The zero-order valence-corrected chi connectivity index (χ0v) is 16.4. The highest BCUT2D eigenvalue weighted by Crippen LogP contribution is 2.38. The third-order valence-electron chi connectivity index (χ3n) is 5.63. The van der Waals surface area contributed by atoms with E-state index in [0.717, 1.165) is 19.3 Å². The molecule has 0 heterocycles. The third-order valence-corrected chi connectivity index (χ3v) is 5.63. The summed E-state index contributed by atoms with van der Waals surface area (Å²) in [6.07, 6.45) is 2.83. The van der Waals surface area contributed by atoms with Gasteiger partial charge in [0.15, 0.2) is 0 Å². The predicted molar refractivity (Wildman–Crippen MR) is 106 cm³/mol. The highest BCUT2D eigenvalue weighted by Gasteiger charge is 2.35. The van der Waals surface area contributed by atoms with Gasteiger partial charge in [-0.25, -0.2) is 9.18 Å². The Morgan fingerprint density at radius 3 is 2.38 bits per heavy atom. The van der Waals surface area contributed by atoms with Gasteiger partial charge in [-0.3, -0.25) is 9.59 Å². The van der Waals surface area contributed by atoms with Gasteiger partial charge >= 0.3 is 5.97 Å². The van der Waals surface area contributed by atoms with Crippen molar-refractivity contribution >= 4 is 17.7 Å². The molecule has 2 unspecified atom stereocenters. The van der Waals surface area contributed by atoms with E-state index < -0.39 is 35.4 Å². The number of carboxylic acid groups (broad SMARTS) is 1. The van der Waals surface area contributed by atoms with Crippen LogP contribution >= 0.6 is 0 Å². The van der Waals surface area contributed by atoms with E-state index in [0.29, 0.717) is 11.1 Å². The van der Waals surface area contributed by atoms with E-state index in [1.165, 1.54) is 25.1 Å². The summed E-state index contributed by atoms with van der Waals surface area (Å²) in [4.78, 5) is 37.3. The summed E-state index contributed by atoms with van der Waals surface area (Å²) in [7, 11) is 0. The molecule has 2 aromatic rings. The van der Waals surface area contributed by atoms with Gasteiger partial charge in [0, 0.05) is 0 Å². The molecule has 0 aliphatic heterocycles. The Morgan fingerprint density at radius 1 is 1.14 bits per heavy atom. The molecule has 1 aliphatic carbocycles. The van der Waals surface area contributed by atoms with Gasteiger partial charge in [0.1, 0.15) is 17.5 Å². The molecule has 6 heteroatoms. The number of carbonyl (C=O) groups excluding carboxylic acids is 2. The molecular formula is C23H24FNO4. The number of halogens is 1. The molecule has 29 heavy (non-hydrogen) atoms. The van der Waals surface area contributed by atoms with Crippen LogP contribution in [-0.2, 0) is 9.59 Å². The molecule has 152 valence electrons. The monoisotopic (exact) mass is 397 g/mol. The Kier molecular flexibility index (Phi) is 6.11. The Bertz CT molecular complexity index is 952. The molecule has 1 aliphatic rings. The number of Topliss-reactive ketones (excluding diaryl/α,β-unsaturated/α-hetero) is 1. The second kappa shape index (κ2) is 8.55. The van der Waals surface area contributed by atoms with E-state index in [9.17, 15) is 23.9 Å². The van der Waals surface area contributed by atoms with Gasteiger partial charge in [-0.15, -0.1) is 0 Å². The van der Waals surface area contributed by atoms with Crippen LogP contribution < -0.4 is 5.32 Å². The SMILES string of the molecule is CC(=O)C(C(=O)NC(c1cccc(F)c1)C1CCC1)c1cccc(C)c1C(=O)O. The second-order valence-electron chi connectivity index (χ2n) is 7.62. The summed E-state index contributed by atoms with van der Waals surface area (Å²) in [6.45, 7) is 2.91. The van der Waals surface area contributed by atoms with Crippen LogP contribution in [0.25, 0.3) is 0 Å². The van der Waals surface area contributed by atoms with E-state index in [4.69, 9.17) is 0 Å². The number of rotatable bonds is 7. The molecule has 2 atom stereocenters. The smallest absolute Gasteiger partial charge is 0.336 e. The van der Waals surface area contributed by atoms with Crippen molar-refractivity contribution in [2.24, 2.45) is 5.92 Å². The number of hydrogen-bond acceptors (Lipinski definition) is 3. The number of ketones is 1. The second-order valence-corrected chi connectivity index (χ2v) is 7.62. The molecule has 5 nitrogen and oxygen atoms in total. The van der Waals surface area contributed by atoms with Crippen LogP contribution in [0.5, 0.6) is 0 Å². The van der Waals surface area contributed by atoms with E-state index >= 15 is 0 Å². The van der Waals surface area contributed by atoms with Crippen molar-refractivity contribution in [2.45, 2.75) is 45.1 Å². The summed E-state index contributed by atoms with van der Waals surface area (Å²) in [5, 5.41) is 12.5. The van der Waals surface area contributed by atoms with E-state index in [-0.39, 0.29) is 17.0 Å². The minimum absolute atomic E-state index is 0.0335. The van der Waals surface area contributed by atoms with Gasteiger partial charge in [-0.1, -0.05) is 36.8 Å². The van der Waals surface area contributed by atoms with Crippen LogP contribution in [0.3, 0.4) is 0 Å². The molecule has 0 spiro atoms. The van der Waals surface area contributed by atoms with Gasteiger partial charge in [-0.2, -0.15) is 0 Å². The van der Waals surface area contributed by atoms with Crippen molar-refractivity contribution < 1.29 is 23.9 Å². The average Bonchev–Trinajstić information content (AvgIpc) is 2.59. The molecule has 3 rings (SSSR count). The number of carbonyl (C=O) groups is 3. The normalized spacial score (nSPS) is 15.8. The zero-order valence-electron chi connectivity index (χ0n) is 16.4. The summed E-state index contributed by atoms with van der Waals surface area (Å²) in [5.41, 5.74) is 1.27. The fourth-order valence-electron chi connectivity index (χ4n) is 3.95. The lowest BCUT2D eigenvalue weighted by molar-refractivity contribution is -0.130. The van der Waals surface area contributed by atoms with E-state index in [2.05, 4.69) is 5.32 Å². The minimum Gasteiger partial charge on any atom is -0.478 e. The zero-order chi connectivity index (χ0) is 21.1. The van der Waals surface area contributed by atoms with Crippen LogP contribution in [0.4, 0.5) is 4.39 Å². The number of nitrogens with one attached hydrogen (secondary N) is 1. The third kappa shape index (κ3) is 4.36. The van der Waals surface area contributed by atoms with E-state index in [1.807, 2.05) is 0 Å². The molecule has 1 saturated carbocycles. The Morgan fingerprint density at radius 2 is 1.83 bits per heavy atom. The Balaban J connectivity index is 1.96. The Hall–Kier alpha value is -3.02. The maximum atomic E-state index is 13.8. The van der Waals surface area contributed by atoms with Crippen molar-refractivity contribution in [3.8, 4) is 0 Å². The molecule has 2 aromatic carbocycles. The minimum atomic E-state index is -1.24. The van der Waals surface area contributed by atoms with Crippen LogP contribution in [0.1, 0.15) is 65.2 Å². The molecule has 2 N–H and O–H groups in total. The van der Waals surface area contributed by atoms with Crippen molar-refractivity contribution in [1.82, 2.24) is 5.32 Å². The summed E-state index contributed by atoms with van der Waals surface area (Å²) < 4.78 is 13.8. The van der Waals surface area contributed by atoms with Crippen molar-refractivity contribution in [1.29, 1.82) is 0 Å². The molecule has 0 radical (unpaired) electrons. The number of hydrogen-bond donors (Lipinski definition) is 2. The van der Waals surface area contributed by atoms with Gasteiger partial charge in [0.2, 0.25) is 5.91 Å². The first kappa shape index (κ1) is 20.7. The Labute approximate surface area is 168 Å². The maximum Gasteiger partial charge on any atom is 0.336 e. The number of aromatic carboxylic acids is 1. The quantitative estimate of drug-likeness (QED) is 0.687. The van der Waals surface area contributed by atoms with Gasteiger partial charge < -0.3 is 10.4 Å². The molecule has 0 saturated heterocycles. The highest BCUT2D eigenvalue weighted by atomic mass is 19.1. The molecule has 1 fully saturated rings. The van der Waals surface area contributed by atoms with Crippen molar-refractivity contribution in [3.63, 3.8) is 0 Å². The number of amides is 1. The van der Waals surface area contributed by atoms with Crippen LogP contribution in [0, 0.1) is 18.7 Å². The average molecular weight is 397 g/mol. The van der Waals surface area contributed by atoms with Gasteiger partial charge in [0.05, 0.1) is 11.6 Å².